The molecule has 4 heteroatoms. The summed E-state index contributed by atoms with van der Waals surface area (Å²) in [4.78, 5) is 21.7. The SMILES string of the molecule is CCCCC[C@@H]1OC(=O)C[C@H]1C(=O)O. The van der Waals surface area contributed by atoms with Gasteiger partial charge >= 0.3 is 11.9 Å². The number of aliphatic carboxylic acids is 1. The van der Waals surface area contributed by atoms with E-state index >= 15 is 0 Å². The monoisotopic (exact) mass is 200 g/mol. The van der Waals surface area contributed by atoms with Gasteiger partial charge in [-0.1, -0.05) is 19.8 Å². The van der Waals surface area contributed by atoms with Gasteiger partial charge in [0.15, 0.2) is 0 Å². The number of cyclic esters (lactones) is 1. The summed E-state index contributed by atoms with van der Waals surface area (Å²) in [7, 11) is 0. The van der Waals surface area contributed by atoms with Gasteiger partial charge in [0.2, 0.25) is 0 Å². The van der Waals surface area contributed by atoms with Crippen molar-refractivity contribution < 1.29 is 19.4 Å². The molecule has 0 aromatic heterocycles. The van der Waals surface area contributed by atoms with E-state index in [1.165, 1.54) is 0 Å². The number of rotatable bonds is 5. The second kappa shape index (κ2) is 4.98. The molecule has 2 atom stereocenters. The van der Waals surface area contributed by atoms with Gasteiger partial charge in [-0.15, -0.1) is 0 Å². The van der Waals surface area contributed by atoms with Crippen LogP contribution in [-0.2, 0) is 14.3 Å². The van der Waals surface area contributed by atoms with Crippen molar-refractivity contribution in [3.05, 3.63) is 0 Å². The standard InChI is InChI=1S/C10H16O4/c1-2-3-4-5-8-7(10(12)13)6-9(11)14-8/h7-8H,2-6H2,1H3,(H,12,13)/t7-,8+/m1/s1. The first-order valence-electron chi connectivity index (χ1n) is 5.07. The molecule has 1 N–H and O–H groups in total. The summed E-state index contributed by atoms with van der Waals surface area (Å²) in [5, 5.41) is 8.83. The zero-order valence-corrected chi connectivity index (χ0v) is 8.36. The number of esters is 1. The minimum Gasteiger partial charge on any atom is -0.481 e. The predicted octanol–water partition coefficient (Wildman–Crippen LogP) is 1.58. The summed E-state index contributed by atoms with van der Waals surface area (Å²) >= 11 is 0. The number of hydrogen-bond acceptors (Lipinski definition) is 3. The van der Waals surface area contributed by atoms with Crippen molar-refractivity contribution in [2.75, 3.05) is 0 Å². The first-order chi connectivity index (χ1) is 6.65. The van der Waals surface area contributed by atoms with Crippen molar-refractivity contribution in [3.8, 4) is 0 Å². The van der Waals surface area contributed by atoms with Gasteiger partial charge in [-0.25, -0.2) is 0 Å². The Bertz CT molecular complexity index is 224. The van der Waals surface area contributed by atoms with Crippen LogP contribution in [0.15, 0.2) is 0 Å². The average Bonchev–Trinajstić information content (AvgIpc) is 2.47. The van der Waals surface area contributed by atoms with Gasteiger partial charge in [-0.05, 0) is 12.8 Å². The zero-order chi connectivity index (χ0) is 10.6. The van der Waals surface area contributed by atoms with Crippen LogP contribution in [0.1, 0.15) is 39.0 Å². The Labute approximate surface area is 83.2 Å². The van der Waals surface area contributed by atoms with E-state index in [0.29, 0.717) is 6.42 Å². The molecular formula is C10H16O4. The number of unbranched alkanes of at least 4 members (excludes halogenated alkanes) is 2. The number of ether oxygens (including phenoxy) is 1. The lowest BCUT2D eigenvalue weighted by Gasteiger charge is -2.13. The summed E-state index contributed by atoms with van der Waals surface area (Å²) in [6.45, 7) is 2.08. The summed E-state index contributed by atoms with van der Waals surface area (Å²) < 4.78 is 4.96. The van der Waals surface area contributed by atoms with Crippen LogP contribution in [0, 0.1) is 5.92 Å². The summed E-state index contributed by atoms with van der Waals surface area (Å²) in [5.41, 5.74) is 0. The molecule has 14 heavy (non-hydrogen) atoms. The van der Waals surface area contributed by atoms with Crippen LogP contribution in [0.2, 0.25) is 0 Å². The van der Waals surface area contributed by atoms with Gasteiger partial charge in [0, 0.05) is 0 Å². The molecule has 0 aromatic rings. The predicted molar refractivity (Wildman–Crippen MR) is 49.8 cm³/mol. The van der Waals surface area contributed by atoms with Crippen molar-refractivity contribution in [3.63, 3.8) is 0 Å². The van der Waals surface area contributed by atoms with Crippen molar-refractivity contribution in [1.29, 1.82) is 0 Å². The molecule has 1 aliphatic rings. The fourth-order valence-electron chi connectivity index (χ4n) is 1.71. The second-order valence-corrected chi connectivity index (χ2v) is 3.67. The number of carbonyl (C=O) groups is 2. The molecule has 4 nitrogen and oxygen atoms in total. The largest absolute Gasteiger partial charge is 0.481 e. The van der Waals surface area contributed by atoms with Gasteiger partial charge < -0.3 is 9.84 Å². The Morgan fingerprint density at radius 1 is 1.57 bits per heavy atom. The lowest BCUT2D eigenvalue weighted by Crippen LogP contribution is -2.23. The van der Waals surface area contributed by atoms with Crippen molar-refractivity contribution in [2.24, 2.45) is 5.92 Å². The lowest BCUT2D eigenvalue weighted by molar-refractivity contribution is -0.144. The van der Waals surface area contributed by atoms with Crippen LogP contribution in [-0.4, -0.2) is 23.1 Å². The Morgan fingerprint density at radius 3 is 2.86 bits per heavy atom. The molecule has 1 rings (SSSR count). The van der Waals surface area contributed by atoms with Gasteiger partial charge in [0.25, 0.3) is 0 Å². The van der Waals surface area contributed by atoms with E-state index in [9.17, 15) is 9.59 Å². The molecule has 1 aliphatic heterocycles. The molecule has 0 radical (unpaired) electrons. The van der Waals surface area contributed by atoms with Crippen LogP contribution in [0.3, 0.4) is 0 Å². The third-order valence-electron chi connectivity index (χ3n) is 2.53. The van der Waals surface area contributed by atoms with Crippen LogP contribution >= 0.6 is 0 Å². The number of carboxylic acid groups (broad SMARTS) is 1. The summed E-state index contributed by atoms with van der Waals surface area (Å²) in [6.07, 6.45) is 3.38. The minimum absolute atomic E-state index is 0.0339. The fraction of sp³-hybridized carbons (Fsp3) is 0.800. The number of hydrogen-bond donors (Lipinski definition) is 1. The van der Waals surface area contributed by atoms with Crippen LogP contribution < -0.4 is 0 Å². The van der Waals surface area contributed by atoms with Gasteiger partial charge in [0.1, 0.15) is 12.0 Å². The van der Waals surface area contributed by atoms with Crippen molar-refractivity contribution in [2.45, 2.75) is 45.1 Å². The lowest BCUT2D eigenvalue weighted by atomic mass is 9.97. The normalized spacial score (nSPS) is 26.2. The van der Waals surface area contributed by atoms with Crippen LogP contribution in [0.4, 0.5) is 0 Å². The third kappa shape index (κ3) is 2.72. The Morgan fingerprint density at radius 2 is 2.29 bits per heavy atom. The van der Waals surface area contributed by atoms with E-state index in [1.807, 2.05) is 0 Å². The maximum absolute atomic E-state index is 10.9. The van der Waals surface area contributed by atoms with Crippen molar-refractivity contribution >= 4 is 11.9 Å². The van der Waals surface area contributed by atoms with E-state index in [2.05, 4.69) is 6.92 Å². The summed E-state index contributed by atoms with van der Waals surface area (Å²) in [5.74, 6) is -1.92. The molecular weight excluding hydrogens is 184 g/mol. The highest BCUT2D eigenvalue weighted by Crippen LogP contribution is 2.26. The molecule has 1 saturated heterocycles. The van der Waals surface area contributed by atoms with E-state index in [-0.39, 0.29) is 12.4 Å². The Hall–Kier alpha value is -1.06. The maximum atomic E-state index is 10.9. The van der Waals surface area contributed by atoms with Gasteiger partial charge in [-0.2, -0.15) is 0 Å². The number of carbonyl (C=O) groups excluding carboxylic acids is 1. The first-order valence-corrected chi connectivity index (χ1v) is 5.07. The van der Waals surface area contributed by atoms with E-state index in [4.69, 9.17) is 9.84 Å². The highest BCUT2D eigenvalue weighted by atomic mass is 16.6. The molecule has 1 heterocycles. The van der Waals surface area contributed by atoms with Crippen molar-refractivity contribution in [1.82, 2.24) is 0 Å². The van der Waals surface area contributed by atoms with Gasteiger partial charge in [-0.3, -0.25) is 9.59 Å². The first kappa shape index (κ1) is 11.0. The quantitative estimate of drug-likeness (QED) is 0.540. The third-order valence-corrected chi connectivity index (χ3v) is 2.53. The molecule has 0 amide bonds. The molecule has 0 aliphatic carbocycles. The highest BCUT2D eigenvalue weighted by Gasteiger charge is 2.39. The van der Waals surface area contributed by atoms with Crippen LogP contribution in [0.25, 0.3) is 0 Å². The van der Waals surface area contributed by atoms with Gasteiger partial charge in [0.05, 0.1) is 6.42 Å². The maximum Gasteiger partial charge on any atom is 0.310 e. The molecule has 0 bridgehead atoms. The van der Waals surface area contributed by atoms with E-state index < -0.39 is 18.0 Å². The van der Waals surface area contributed by atoms with E-state index in [0.717, 1.165) is 19.3 Å². The zero-order valence-electron chi connectivity index (χ0n) is 8.36. The highest BCUT2D eigenvalue weighted by molar-refractivity contribution is 5.82. The topological polar surface area (TPSA) is 63.6 Å². The molecule has 0 saturated carbocycles. The Balaban J connectivity index is 2.41. The molecule has 80 valence electrons. The molecule has 0 spiro atoms. The Kier molecular flexibility index (Phi) is 3.92. The second-order valence-electron chi connectivity index (χ2n) is 3.67. The van der Waals surface area contributed by atoms with E-state index in [1.54, 1.807) is 0 Å². The number of carboxylic acids is 1. The average molecular weight is 200 g/mol. The van der Waals surface area contributed by atoms with Crippen LogP contribution in [0.5, 0.6) is 0 Å². The summed E-state index contributed by atoms with van der Waals surface area (Å²) in [6, 6.07) is 0. The molecule has 0 aromatic carbocycles. The smallest absolute Gasteiger partial charge is 0.310 e. The molecule has 0 unspecified atom stereocenters. The fourth-order valence-corrected chi connectivity index (χ4v) is 1.71. The minimum atomic E-state index is -0.919. The molecule has 1 fully saturated rings.